The molecule has 3 heteroatoms. The first-order valence-corrected chi connectivity index (χ1v) is 8.35. The predicted octanol–water partition coefficient (Wildman–Crippen LogP) is 2.92. The maximum absolute atomic E-state index is 12.5. The SMILES string of the molecule is CC(NC1CC1c1ccccc1)C(=O)N1CCCCCC1. The first-order valence-electron chi connectivity index (χ1n) is 8.35. The first-order chi connectivity index (χ1) is 10.3. The number of benzene rings is 1. The molecule has 1 aliphatic heterocycles. The van der Waals surface area contributed by atoms with E-state index in [1.807, 2.05) is 6.92 Å². The van der Waals surface area contributed by atoms with E-state index in [-0.39, 0.29) is 11.9 Å². The van der Waals surface area contributed by atoms with E-state index in [1.165, 1.54) is 18.4 Å². The first kappa shape index (κ1) is 14.6. The zero-order valence-electron chi connectivity index (χ0n) is 12.9. The molecule has 1 aliphatic carbocycles. The number of carbonyl (C=O) groups is 1. The number of rotatable bonds is 4. The second kappa shape index (κ2) is 6.61. The molecule has 3 nitrogen and oxygen atoms in total. The lowest BCUT2D eigenvalue weighted by Gasteiger charge is -2.24. The highest BCUT2D eigenvalue weighted by atomic mass is 16.2. The van der Waals surface area contributed by atoms with E-state index in [0.29, 0.717) is 12.0 Å². The minimum atomic E-state index is -0.0539. The van der Waals surface area contributed by atoms with Crippen LogP contribution in [0.2, 0.25) is 0 Å². The van der Waals surface area contributed by atoms with E-state index in [0.717, 1.165) is 32.4 Å². The molecule has 1 saturated carbocycles. The number of nitrogens with zero attached hydrogens (tertiary/aromatic N) is 1. The maximum atomic E-state index is 12.5. The van der Waals surface area contributed by atoms with Gasteiger partial charge in [0.25, 0.3) is 0 Å². The van der Waals surface area contributed by atoms with Crippen LogP contribution in [0.1, 0.15) is 50.5 Å². The van der Waals surface area contributed by atoms with Crippen LogP contribution in [0.4, 0.5) is 0 Å². The molecule has 3 atom stereocenters. The van der Waals surface area contributed by atoms with E-state index < -0.39 is 0 Å². The molecule has 114 valence electrons. The Morgan fingerprint density at radius 3 is 2.48 bits per heavy atom. The van der Waals surface area contributed by atoms with Crippen molar-refractivity contribution < 1.29 is 4.79 Å². The van der Waals surface area contributed by atoms with Gasteiger partial charge in [-0.3, -0.25) is 4.79 Å². The number of amides is 1. The number of likely N-dealkylation sites (tertiary alicyclic amines) is 1. The summed E-state index contributed by atoms with van der Waals surface area (Å²) in [5.74, 6) is 0.876. The summed E-state index contributed by atoms with van der Waals surface area (Å²) in [7, 11) is 0. The average Bonchev–Trinajstić information content (AvgIpc) is 3.30. The smallest absolute Gasteiger partial charge is 0.239 e. The molecule has 1 amide bonds. The molecule has 1 aromatic carbocycles. The molecule has 1 N–H and O–H groups in total. The monoisotopic (exact) mass is 286 g/mol. The number of hydrogen-bond donors (Lipinski definition) is 1. The molecule has 1 aromatic rings. The Kier molecular flexibility index (Phi) is 4.59. The molecule has 2 aliphatic rings. The van der Waals surface area contributed by atoms with Crippen LogP contribution in [0.15, 0.2) is 30.3 Å². The van der Waals surface area contributed by atoms with Gasteiger partial charge >= 0.3 is 0 Å². The van der Waals surface area contributed by atoms with Crippen molar-refractivity contribution in [1.82, 2.24) is 10.2 Å². The van der Waals surface area contributed by atoms with Gasteiger partial charge in [0.2, 0.25) is 5.91 Å². The van der Waals surface area contributed by atoms with Gasteiger partial charge in [0.15, 0.2) is 0 Å². The van der Waals surface area contributed by atoms with Crippen LogP contribution in [0.5, 0.6) is 0 Å². The van der Waals surface area contributed by atoms with Crippen LogP contribution in [-0.2, 0) is 4.79 Å². The number of hydrogen-bond acceptors (Lipinski definition) is 2. The van der Waals surface area contributed by atoms with Crippen LogP contribution < -0.4 is 5.32 Å². The summed E-state index contributed by atoms with van der Waals surface area (Å²) >= 11 is 0. The minimum absolute atomic E-state index is 0.0539. The molecular weight excluding hydrogens is 260 g/mol. The Bertz CT molecular complexity index is 465. The molecule has 0 radical (unpaired) electrons. The third kappa shape index (κ3) is 3.65. The zero-order chi connectivity index (χ0) is 14.7. The van der Waals surface area contributed by atoms with E-state index in [9.17, 15) is 4.79 Å². The lowest BCUT2D eigenvalue weighted by atomic mass is 10.1. The van der Waals surface area contributed by atoms with Crippen molar-refractivity contribution in [3.05, 3.63) is 35.9 Å². The van der Waals surface area contributed by atoms with E-state index >= 15 is 0 Å². The quantitative estimate of drug-likeness (QED) is 0.923. The lowest BCUT2D eigenvalue weighted by Crippen LogP contribution is -2.46. The normalized spacial score (nSPS) is 27.0. The fourth-order valence-corrected chi connectivity index (χ4v) is 3.41. The molecule has 2 fully saturated rings. The standard InChI is InChI=1S/C18H26N2O/c1-14(18(21)20-11-7-2-3-8-12-20)19-17-13-16(17)15-9-5-4-6-10-15/h4-6,9-10,14,16-17,19H,2-3,7-8,11-13H2,1H3. The highest BCUT2D eigenvalue weighted by Crippen LogP contribution is 2.40. The highest BCUT2D eigenvalue weighted by molar-refractivity contribution is 5.81. The van der Waals surface area contributed by atoms with Crippen molar-refractivity contribution in [2.24, 2.45) is 0 Å². The Hall–Kier alpha value is -1.35. The Morgan fingerprint density at radius 1 is 1.14 bits per heavy atom. The van der Waals surface area contributed by atoms with Gasteiger partial charge in [-0.05, 0) is 31.7 Å². The molecule has 3 rings (SSSR count). The summed E-state index contributed by atoms with van der Waals surface area (Å²) in [6.07, 6.45) is 6.01. The van der Waals surface area contributed by atoms with Crippen molar-refractivity contribution in [2.75, 3.05) is 13.1 Å². The van der Waals surface area contributed by atoms with Crippen LogP contribution >= 0.6 is 0 Å². The third-order valence-corrected chi connectivity index (χ3v) is 4.77. The molecule has 21 heavy (non-hydrogen) atoms. The Balaban J connectivity index is 1.50. The molecule has 0 bridgehead atoms. The minimum Gasteiger partial charge on any atom is -0.341 e. The van der Waals surface area contributed by atoms with Gasteiger partial charge in [0, 0.05) is 25.0 Å². The second-order valence-corrected chi connectivity index (χ2v) is 6.49. The molecule has 1 heterocycles. The topological polar surface area (TPSA) is 32.3 Å². The van der Waals surface area contributed by atoms with Crippen molar-refractivity contribution in [2.45, 2.75) is 57.0 Å². The molecule has 1 saturated heterocycles. The van der Waals surface area contributed by atoms with Crippen LogP contribution in [0.25, 0.3) is 0 Å². The zero-order valence-corrected chi connectivity index (χ0v) is 12.9. The highest BCUT2D eigenvalue weighted by Gasteiger charge is 2.40. The van der Waals surface area contributed by atoms with Gasteiger partial charge in [-0.15, -0.1) is 0 Å². The van der Waals surface area contributed by atoms with Gasteiger partial charge in [0.05, 0.1) is 6.04 Å². The summed E-state index contributed by atoms with van der Waals surface area (Å²) in [6, 6.07) is 11.0. The largest absolute Gasteiger partial charge is 0.341 e. The molecular formula is C18H26N2O. The van der Waals surface area contributed by atoms with Gasteiger partial charge in [-0.2, -0.15) is 0 Å². The van der Waals surface area contributed by atoms with E-state index in [4.69, 9.17) is 0 Å². The van der Waals surface area contributed by atoms with E-state index in [1.54, 1.807) is 0 Å². The molecule has 3 unspecified atom stereocenters. The van der Waals surface area contributed by atoms with E-state index in [2.05, 4.69) is 40.5 Å². The van der Waals surface area contributed by atoms with Gasteiger partial charge < -0.3 is 10.2 Å². The summed E-state index contributed by atoms with van der Waals surface area (Å²) in [5, 5.41) is 3.53. The Labute approximate surface area is 127 Å². The summed E-state index contributed by atoms with van der Waals surface area (Å²) < 4.78 is 0. The maximum Gasteiger partial charge on any atom is 0.239 e. The van der Waals surface area contributed by atoms with Gasteiger partial charge in [-0.1, -0.05) is 43.2 Å². The average molecular weight is 286 g/mol. The van der Waals surface area contributed by atoms with Gasteiger partial charge in [-0.25, -0.2) is 0 Å². The second-order valence-electron chi connectivity index (χ2n) is 6.49. The predicted molar refractivity (Wildman–Crippen MR) is 85.2 cm³/mol. The fraction of sp³-hybridized carbons (Fsp3) is 0.611. The van der Waals surface area contributed by atoms with Crippen LogP contribution in [-0.4, -0.2) is 36.0 Å². The third-order valence-electron chi connectivity index (χ3n) is 4.77. The van der Waals surface area contributed by atoms with Crippen LogP contribution in [0.3, 0.4) is 0 Å². The van der Waals surface area contributed by atoms with Crippen molar-refractivity contribution in [3.63, 3.8) is 0 Å². The van der Waals surface area contributed by atoms with Crippen molar-refractivity contribution in [3.8, 4) is 0 Å². The molecule has 0 aromatic heterocycles. The number of nitrogens with one attached hydrogen (secondary N) is 1. The summed E-state index contributed by atoms with van der Waals surface area (Å²) in [6.45, 7) is 3.91. The lowest BCUT2D eigenvalue weighted by molar-refractivity contribution is -0.133. The van der Waals surface area contributed by atoms with Crippen LogP contribution in [0, 0.1) is 0 Å². The Morgan fingerprint density at radius 2 is 1.81 bits per heavy atom. The fourth-order valence-electron chi connectivity index (χ4n) is 3.41. The summed E-state index contributed by atoms with van der Waals surface area (Å²) in [4.78, 5) is 14.6. The van der Waals surface area contributed by atoms with Crippen molar-refractivity contribution >= 4 is 5.91 Å². The summed E-state index contributed by atoms with van der Waals surface area (Å²) in [5.41, 5.74) is 1.39. The number of carbonyl (C=O) groups excluding carboxylic acids is 1. The van der Waals surface area contributed by atoms with Crippen molar-refractivity contribution in [1.29, 1.82) is 0 Å². The molecule has 0 spiro atoms. The van der Waals surface area contributed by atoms with Gasteiger partial charge in [0.1, 0.15) is 0 Å².